The van der Waals surface area contributed by atoms with Gasteiger partial charge in [0.2, 0.25) is 0 Å². The van der Waals surface area contributed by atoms with Crippen molar-refractivity contribution in [3.05, 3.63) is 65.2 Å². The quantitative estimate of drug-likeness (QED) is 0.894. The summed E-state index contributed by atoms with van der Waals surface area (Å²) in [6, 6.07) is 14.9. The van der Waals surface area contributed by atoms with Gasteiger partial charge in [0.15, 0.2) is 0 Å². The summed E-state index contributed by atoms with van der Waals surface area (Å²) in [6.45, 7) is -0.756. The molecule has 2 rings (SSSR count). The first-order chi connectivity index (χ1) is 9.60. The summed E-state index contributed by atoms with van der Waals surface area (Å²) in [4.78, 5) is 0. The van der Waals surface area contributed by atoms with Gasteiger partial charge in [0.25, 0.3) is 0 Å². The second kappa shape index (κ2) is 6.48. The summed E-state index contributed by atoms with van der Waals surface area (Å²) in [5.41, 5.74) is 3.31. The molecule has 2 nitrogen and oxygen atoms in total. The van der Waals surface area contributed by atoms with E-state index in [0.717, 1.165) is 11.1 Å². The van der Waals surface area contributed by atoms with Crippen molar-refractivity contribution >= 4 is 0 Å². The van der Waals surface area contributed by atoms with E-state index in [-0.39, 0.29) is 11.8 Å². The molecule has 0 bridgehead atoms. The molecule has 1 N–H and O–H groups in total. The highest BCUT2D eigenvalue weighted by molar-refractivity contribution is 5.36. The van der Waals surface area contributed by atoms with Crippen molar-refractivity contribution in [2.45, 2.75) is 19.6 Å². The summed E-state index contributed by atoms with van der Waals surface area (Å²) >= 11 is 0. The Morgan fingerprint density at radius 1 is 1.00 bits per heavy atom. The van der Waals surface area contributed by atoms with Crippen LogP contribution in [0.25, 0.3) is 0 Å². The fourth-order valence-electron chi connectivity index (χ4n) is 2.22. The molecule has 4 heteroatoms. The Hall–Kier alpha value is -1.94. The summed E-state index contributed by atoms with van der Waals surface area (Å²) < 4.78 is 28.6. The Balaban J connectivity index is 2.23. The molecular weight excluding hydrogens is 260 g/mol. The lowest BCUT2D eigenvalue weighted by atomic mass is 9.97. The van der Waals surface area contributed by atoms with Crippen molar-refractivity contribution in [3.63, 3.8) is 0 Å². The Bertz CT molecular complexity index is 555. The van der Waals surface area contributed by atoms with Crippen molar-refractivity contribution in [2.24, 2.45) is 0 Å². The van der Waals surface area contributed by atoms with Crippen LogP contribution in [0.5, 0.6) is 5.75 Å². The first-order valence-electron chi connectivity index (χ1n) is 6.39. The molecule has 0 aliphatic heterocycles. The zero-order valence-electron chi connectivity index (χ0n) is 11.4. The smallest absolute Gasteiger partial charge is 0.387 e. The van der Waals surface area contributed by atoms with Gasteiger partial charge in [0.1, 0.15) is 5.75 Å². The number of ether oxygens (including phenoxy) is 1. The molecule has 0 heterocycles. The normalized spacial score (nSPS) is 12.4. The van der Waals surface area contributed by atoms with E-state index < -0.39 is 6.61 Å². The average Bonchev–Trinajstić information content (AvgIpc) is 2.41. The van der Waals surface area contributed by atoms with Crippen molar-refractivity contribution in [1.29, 1.82) is 0 Å². The molecule has 1 atom stereocenters. The van der Waals surface area contributed by atoms with E-state index in [1.165, 1.54) is 5.56 Å². The van der Waals surface area contributed by atoms with Gasteiger partial charge in [-0.1, -0.05) is 42.0 Å². The Kier molecular flexibility index (Phi) is 4.69. The molecule has 0 fully saturated rings. The second-order valence-electron chi connectivity index (χ2n) is 4.58. The van der Waals surface area contributed by atoms with Crippen LogP contribution in [0.3, 0.4) is 0 Å². The van der Waals surface area contributed by atoms with Crippen LogP contribution < -0.4 is 10.1 Å². The van der Waals surface area contributed by atoms with E-state index in [0.29, 0.717) is 0 Å². The lowest BCUT2D eigenvalue weighted by Crippen LogP contribution is -2.17. The molecule has 20 heavy (non-hydrogen) atoms. The van der Waals surface area contributed by atoms with E-state index in [1.54, 1.807) is 24.3 Å². The van der Waals surface area contributed by atoms with Crippen LogP contribution in [0.15, 0.2) is 48.5 Å². The van der Waals surface area contributed by atoms with Gasteiger partial charge >= 0.3 is 6.61 Å². The van der Waals surface area contributed by atoms with Crippen molar-refractivity contribution in [2.75, 3.05) is 7.05 Å². The number of hydrogen-bond acceptors (Lipinski definition) is 2. The van der Waals surface area contributed by atoms with Crippen LogP contribution in [-0.4, -0.2) is 13.7 Å². The van der Waals surface area contributed by atoms with Crippen molar-refractivity contribution in [3.8, 4) is 5.75 Å². The molecule has 0 amide bonds. The zero-order chi connectivity index (χ0) is 14.5. The third kappa shape index (κ3) is 3.54. The van der Waals surface area contributed by atoms with Crippen LogP contribution >= 0.6 is 0 Å². The molecule has 0 aliphatic carbocycles. The largest absolute Gasteiger partial charge is 0.435 e. The predicted octanol–water partition coefficient (Wildman–Crippen LogP) is 3.91. The molecule has 0 radical (unpaired) electrons. The fourth-order valence-corrected chi connectivity index (χ4v) is 2.22. The molecule has 0 saturated carbocycles. The first-order valence-corrected chi connectivity index (χ1v) is 6.39. The minimum Gasteiger partial charge on any atom is -0.435 e. The van der Waals surface area contributed by atoms with Gasteiger partial charge in [-0.3, -0.25) is 0 Å². The van der Waals surface area contributed by atoms with Crippen LogP contribution in [-0.2, 0) is 0 Å². The molecular formula is C16H17F2NO. The molecule has 1 unspecified atom stereocenters. The molecule has 2 aromatic carbocycles. The highest BCUT2D eigenvalue weighted by Crippen LogP contribution is 2.25. The van der Waals surface area contributed by atoms with Crippen LogP contribution in [0, 0.1) is 6.92 Å². The number of alkyl halides is 2. The molecule has 2 aromatic rings. The van der Waals surface area contributed by atoms with Crippen LogP contribution in [0.1, 0.15) is 22.7 Å². The highest BCUT2D eigenvalue weighted by Gasteiger charge is 2.12. The molecule has 0 spiro atoms. The van der Waals surface area contributed by atoms with E-state index in [1.807, 2.05) is 32.2 Å². The van der Waals surface area contributed by atoms with E-state index in [9.17, 15) is 8.78 Å². The topological polar surface area (TPSA) is 21.3 Å². The average molecular weight is 277 g/mol. The minimum absolute atomic E-state index is 0.0236. The van der Waals surface area contributed by atoms with E-state index in [2.05, 4.69) is 16.1 Å². The number of benzene rings is 2. The summed E-state index contributed by atoms with van der Waals surface area (Å²) in [6.07, 6.45) is 0. The SMILES string of the molecule is CNC(c1ccc(OC(F)F)cc1)c1cccc(C)c1. The Labute approximate surface area is 117 Å². The third-order valence-corrected chi connectivity index (χ3v) is 3.10. The van der Waals surface area contributed by atoms with Gasteiger partial charge < -0.3 is 10.1 Å². The first kappa shape index (κ1) is 14.5. The van der Waals surface area contributed by atoms with Crippen LogP contribution in [0.2, 0.25) is 0 Å². The number of nitrogens with one attached hydrogen (secondary N) is 1. The lowest BCUT2D eigenvalue weighted by Gasteiger charge is -2.18. The summed E-state index contributed by atoms with van der Waals surface area (Å²) in [5.74, 6) is 0.169. The molecule has 106 valence electrons. The maximum atomic E-state index is 12.1. The van der Waals surface area contributed by atoms with Crippen LogP contribution in [0.4, 0.5) is 8.78 Å². The van der Waals surface area contributed by atoms with Crippen molar-refractivity contribution in [1.82, 2.24) is 5.32 Å². The monoisotopic (exact) mass is 277 g/mol. The predicted molar refractivity (Wildman–Crippen MR) is 75.2 cm³/mol. The molecule has 0 aromatic heterocycles. The highest BCUT2D eigenvalue weighted by atomic mass is 19.3. The van der Waals surface area contributed by atoms with Gasteiger partial charge in [-0.2, -0.15) is 8.78 Å². The van der Waals surface area contributed by atoms with Gasteiger partial charge in [0.05, 0.1) is 6.04 Å². The maximum absolute atomic E-state index is 12.1. The molecule has 0 aliphatic rings. The summed E-state index contributed by atoms with van der Waals surface area (Å²) in [5, 5.41) is 3.23. The number of rotatable bonds is 5. The van der Waals surface area contributed by atoms with Gasteiger partial charge in [-0.05, 0) is 37.2 Å². The number of hydrogen-bond donors (Lipinski definition) is 1. The third-order valence-electron chi connectivity index (χ3n) is 3.10. The van der Waals surface area contributed by atoms with E-state index >= 15 is 0 Å². The van der Waals surface area contributed by atoms with Gasteiger partial charge in [-0.15, -0.1) is 0 Å². The van der Waals surface area contributed by atoms with E-state index in [4.69, 9.17) is 0 Å². The Morgan fingerprint density at radius 3 is 2.25 bits per heavy atom. The van der Waals surface area contributed by atoms with Gasteiger partial charge in [-0.25, -0.2) is 0 Å². The zero-order valence-corrected chi connectivity index (χ0v) is 11.4. The standard InChI is InChI=1S/C16H17F2NO/c1-11-4-3-5-13(10-11)15(19-2)12-6-8-14(9-7-12)20-16(17)18/h3-10,15-16,19H,1-2H3. The number of aryl methyl sites for hydroxylation is 1. The van der Waals surface area contributed by atoms with Gasteiger partial charge in [0, 0.05) is 0 Å². The van der Waals surface area contributed by atoms with Crippen molar-refractivity contribution < 1.29 is 13.5 Å². The second-order valence-corrected chi connectivity index (χ2v) is 4.58. The minimum atomic E-state index is -2.79. The molecule has 0 saturated heterocycles. The fraction of sp³-hybridized carbons (Fsp3) is 0.250. The number of halogens is 2. The lowest BCUT2D eigenvalue weighted by molar-refractivity contribution is -0.0498. The Morgan fingerprint density at radius 2 is 1.70 bits per heavy atom. The summed E-state index contributed by atoms with van der Waals surface area (Å²) in [7, 11) is 1.87. The maximum Gasteiger partial charge on any atom is 0.387 e.